The molecular weight excluding hydrogens is 294 g/mol. The van der Waals surface area contributed by atoms with Crippen LogP contribution in [0.15, 0.2) is 29.0 Å². The van der Waals surface area contributed by atoms with E-state index >= 15 is 0 Å². The van der Waals surface area contributed by atoms with Crippen molar-refractivity contribution in [2.24, 2.45) is 0 Å². The Morgan fingerprint density at radius 1 is 1.23 bits per heavy atom. The molecule has 0 atom stereocenters. The SMILES string of the molecule is COCCN(Cc1ccsc1)C(=O)c1c(C)cc(C)cc1C. The van der Waals surface area contributed by atoms with E-state index in [9.17, 15) is 4.79 Å². The molecule has 1 heterocycles. The van der Waals surface area contributed by atoms with Crippen molar-refractivity contribution in [3.63, 3.8) is 0 Å². The van der Waals surface area contributed by atoms with Crippen LogP contribution >= 0.6 is 11.3 Å². The molecule has 0 fully saturated rings. The summed E-state index contributed by atoms with van der Waals surface area (Å²) in [7, 11) is 1.66. The smallest absolute Gasteiger partial charge is 0.254 e. The van der Waals surface area contributed by atoms with Crippen LogP contribution in [0.4, 0.5) is 0 Å². The lowest BCUT2D eigenvalue weighted by Gasteiger charge is -2.24. The number of nitrogens with zero attached hydrogens (tertiary/aromatic N) is 1. The number of benzene rings is 1. The molecule has 0 spiro atoms. The van der Waals surface area contributed by atoms with Crippen molar-refractivity contribution in [1.29, 1.82) is 0 Å². The summed E-state index contributed by atoms with van der Waals surface area (Å²) in [6, 6.07) is 6.20. The summed E-state index contributed by atoms with van der Waals surface area (Å²) in [5, 5.41) is 4.12. The van der Waals surface area contributed by atoms with Crippen molar-refractivity contribution in [2.45, 2.75) is 27.3 Å². The second-order valence-corrected chi connectivity index (χ2v) is 6.40. The van der Waals surface area contributed by atoms with E-state index in [4.69, 9.17) is 4.74 Å². The molecule has 0 aliphatic rings. The predicted octanol–water partition coefficient (Wildman–Crippen LogP) is 3.96. The molecule has 0 saturated carbocycles. The molecule has 0 N–H and O–H groups in total. The molecule has 2 rings (SSSR count). The zero-order valence-electron chi connectivity index (χ0n) is 13.7. The van der Waals surface area contributed by atoms with Gasteiger partial charge in [0.2, 0.25) is 0 Å². The van der Waals surface area contributed by atoms with Gasteiger partial charge in [0.15, 0.2) is 0 Å². The molecule has 3 nitrogen and oxygen atoms in total. The monoisotopic (exact) mass is 317 g/mol. The Balaban J connectivity index is 2.28. The number of hydrogen-bond acceptors (Lipinski definition) is 3. The summed E-state index contributed by atoms with van der Waals surface area (Å²) in [5.41, 5.74) is 5.24. The fraction of sp³-hybridized carbons (Fsp3) is 0.389. The molecule has 0 radical (unpaired) electrons. The summed E-state index contributed by atoms with van der Waals surface area (Å²) in [4.78, 5) is 14.9. The zero-order chi connectivity index (χ0) is 16.1. The molecule has 1 aromatic carbocycles. The van der Waals surface area contributed by atoms with Gasteiger partial charge in [-0.25, -0.2) is 0 Å². The summed E-state index contributed by atoms with van der Waals surface area (Å²) in [5.74, 6) is 0.0817. The van der Waals surface area contributed by atoms with Gasteiger partial charge in [-0.1, -0.05) is 17.7 Å². The Bertz CT molecular complexity index is 612. The fourth-order valence-corrected chi connectivity index (χ4v) is 3.39. The molecule has 22 heavy (non-hydrogen) atoms. The molecule has 4 heteroatoms. The maximum Gasteiger partial charge on any atom is 0.254 e. The van der Waals surface area contributed by atoms with E-state index in [2.05, 4.69) is 30.5 Å². The lowest BCUT2D eigenvalue weighted by Crippen LogP contribution is -2.34. The summed E-state index contributed by atoms with van der Waals surface area (Å²) < 4.78 is 5.17. The van der Waals surface area contributed by atoms with Crippen molar-refractivity contribution in [3.8, 4) is 0 Å². The number of thiophene rings is 1. The maximum atomic E-state index is 13.0. The minimum Gasteiger partial charge on any atom is -0.383 e. The Kier molecular flexibility index (Phi) is 5.75. The third kappa shape index (κ3) is 3.96. The van der Waals surface area contributed by atoms with Crippen molar-refractivity contribution >= 4 is 17.2 Å². The van der Waals surface area contributed by atoms with E-state index in [0.717, 1.165) is 22.3 Å². The van der Waals surface area contributed by atoms with E-state index < -0.39 is 0 Å². The van der Waals surface area contributed by atoms with Crippen LogP contribution in [-0.4, -0.2) is 31.1 Å². The molecule has 0 unspecified atom stereocenters. The largest absolute Gasteiger partial charge is 0.383 e. The number of ether oxygens (including phenoxy) is 1. The maximum absolute atomic E-state index is 13.0. The fourth-order valence-electron chi connectivity index (χ4n) is 2.73. The average Bonchev–Trinajstić information content (AvgIpc) is 2.95. The van der Waals surface area contributed by atoms with E-state index in [-0.39, 0.29) is 5.91 Å². The van der Waals surface area contributed by atoms with Gasteiger partial charge in [0.05, 0.1) is 6.61 Å². The van der Waals surface area contributed by atoms with Crippen LogP contribution in [-0.2, 0) is 11.3 Å². The zero-order valence-corrected chi connectivity index (χ0v) is 14.5. The molecule has 118 valence electrons. The summed E-state index contributed by atoms with van der Waals surface area (Å²) >= 11 is 1.65. The molecule has 2 aromatic rings. The van der Waals surface area contributed by atoms with Gasteiger partial charge >= 0.3 is 0 Å². The number of hydrogen-bond donors (Lipinski definition) is 0. The van der Waals surface area contributed by atoms with Crippen molar-refractivity contribution < 1.29 is 9.53 Å². The van der Waals surface area contributed by atoms with Gasteiger partial charge in [-0.3, -0.25) is 4.79 Å². The van der Waals surface area contributed by atoms with Crippen LogP contribution in [0.25, 0.3) is 0 Å². The van der Waals surface area contributed by atoms with Gasteiger partial charge in [-0.05, 0) is 54.3 Å². The van der Waals surface area contributed by atoms with Gasteiger partial charge < -0.3 is 9.64 Å². The number of carbonyl (C=O) groups is 1. The van der Waals surface area contributed by atoms with Crippen LogP contribution < -0.4 is 0 Å². The Morgan fingerprint density at radius 2 is 1.91 bits per heavy atom. The standard InChI is InChI=1S/C18H23NO2S/c1-13-9-14(2)17(15(3)10-13)18(20)19(6-7-21-4)11-16-5-8-22-12-16/h5,8-10,12H,6-7,11H2,1-4H3. The van der Waals surface area contributed by atoms with E-state index in [1.807, 2.05) is 24.1 Å². The van der Waals surface area contributed by atoms with Gasteiger partial charge in [-0.15, -0.1) is 0 Å². The second-order valence-electron chi connectivity index (χ2n) is 5.62. The highest BCUT2D eigenvalue weighted by Crippen LogP contribution is 2.20. The van der Waals surface area contributed by atoms with Crippen LogP contribution in [0.1, 0.15) is 32.6 Å². The highest BCUT2D eigenvalue weighted by molar-refractivity contribution is 7.07. The number of rotatable bonds is 6. The van der Waals surface area contributed by atoms with E-state index in [1.165, 1.54) is 5.56 Å². The first-order chi connectivity index (χ1) is 10.5. The molecule has 1 amide bonds. The quantitative estimate of drug-likeness (QED) is 0.807. The lowest BCUT2D eigenvalue weighted by molar-refractivity contribution is 0.0679. The average molecular weight is 317 g/mol. The molecule has 1 aromatic heterocycles. The normalized spacial score (nSPS) is 10.7. The van der Waals surface area contributed by atoms with Gasteiger partial charge in [0.25, 0.3) is 5.91 Å². The minimum absolute atomic E-state index is 0.0817. The van der Waals surface area contributed by atoms with Crippen molar-refractivity contribution in [3.05, 3.63) is 56.8 Å². The molecule has 0 aliphatic carbocycles. The molecule has 0 saturated heterocycles. The Morgan fingerprint density at radius 3 is 2.45 bits per heavy atom. The number of carbonyl (C=O) groups excluding carboxylic acids is 1. The third-order valence-corrected chi connectivity index (χ3v) is 4.43. The second kappa shape index (κ2) is 7.56. The van der Waals surface area contributed by atoms with E-state index in [0.29, 0.717) is 19.7 Å². The lowest BCUT2D eigenvalue weighted by atomic mass is 9.98. The Labute approximate surface area is 136 Å². The van der Waals surface area contributed by atoms with Crippen LogP contribution in [0.3, 0.4) is 0 Å². The third-order valence-electron chi connectivity index (χ3n) is 3.70. The minimum atomic E-state index is 0.0817. The number of methoxy groups -OCH3 is 1. The summed E-state index contributed by atoms with van der Waals surface area (Å²) in [6.45, 7) is 7.83. The first-order valence-corrected chi connectivity index (χ1v) is 8.34. The van der Waals surface area contributed by atoms with Crippen molar-refractivity contribution in [1.82, 2.24) is 4.90 Å². The van der Waals surface area contributed by atoms with E-state index in [1.54, 1.807) is 18.4 Å². The molecule has 0 bridgehead atoms. The highest BCUT2D eigenvalue weighted by Gasteiger charge is 2.20. The van der Waals surface area contributed by atoms with Crippen LogP contribution in [0, 0.1) is 20.8 Å². The van der Waals surface area contributed by atoms with Gasteiger partial charge in [0.1, 0.15) is 0 Å². The first-order valence-electron chi connectivity index (χ1n) is 7.40. The van der Waals surface area contributed by atoms with Crippen LogP contribution in [0.2, 0.25) is 0 Å². The predicted molar refractivity (Wildman–Crippen MR) is 91.6 cm³/mol. The highest BCUT2D eigenvalue weighted by atomic mass is 32.1. The first kappa shape index (κ1) is 16.7. The van der Waals surface area contributed by atoms with Crippen LogP contribution in [0.5, 0.6) is 0 Å². The summed E-state index contributed by atoms with van der Waals surface area (Å²) in [6.07, 6.45) is 0. The van der Waals surface area contributed by atoms with Gasteiger partial charge in [0, 0.05) is 25.8 Å². The molecular formula is C18H23NO2S. The topological polar surface area (TPSA) is 29.5 Å². The number of amides is 1. The van der Waals surface area contributed by atoms with Gasteiger partial charge in [-0.2, -0.15) is 11.3 Å². The Hall–Kier alpha value is -1.65. The van der Waals surface area contributed by atoms with Crippen molar-refractivity contribution in [2.75, 3.05) is 20.3 Å². The number of aryl methyl sites for hydroxylation is 3. The molecule has 0 aliphatic heterocycles.